The van der Waals surface area contributed by atoms with Crippen molar-refractivity contribution in [3.8, 4) is 0 Å². The molecular weight excluding hydrogens is 308 g/mol. The number of hydrogen-bond donors (Lipinski definition) is 1. The number of aliphatic imine (C=N–C) groups is 1. The largest absolute Gasteiger partial charge is 0.460 e. The van der Waals surface area contributed by atoms with Gasteiger partial charge in [-0.1, -0.05) is 65.7 Å². The summed E-state index contributed by atoms with van der Waals surface area (Å²) in [6, 6.07) is 26.8. The van der Waals surface area contributed by atoms with Crippen LogP contribution in [0.3, 0.4) is 0 Å². The second kappa shape index (κ2) is 8.15. The number of anilines is 1. The Balaban J connectivity index is 1.79. The van der Waals surface area contributed by atoms with Crippen molar-refractivity contribution in [2.45, 2.75) is 20.5 Å². The molecule has 1 N–H and O–H groups in total. The van der Waals surface area contributed by atoms with Gasteiger partial charge in [-0.25, -0.2) is 0 Å². The molecule has 0 aliphatic rings. The zero-order chi connectivity index (χ0) is 17.5. The van der Waals surface area contributed by atoms with Gasteiger partial charge in [0.05, 0.1) is 5.69 Å². The Kier molecular flexibility index (Phi) is 5.47. The van der Waals surface area contributed by atoms with Crippen molar-refractivity contribution < 1.29 is 4.74 Å². The van der Waals surface area contributed by atoms with Crippen molar-refractivity contribution in [2.75, 3.05) is 5.32 Å². The normalized spacial score (nSPS) is 11.2. The van der Waals surface area contributed by atoms with Gasteiger partial charge in [-0.2, -0.15) is 4.99 Å². The van der Waals surface area contributed by atoms with Crippen LogP contribution >= 0.6 is 0 Å². The van der Waals surface area contributed by atoms with Crippen LogP contribution in [0.25, 0.3) is 0 Å². The summed E-state index contributed by atoms with van der Waals surface area (Å²) in [4.78, 5) is 4.62. The first-order valence-corrected chi connectivity index (χ1v) is 8.35. The number of nitrogens with one attached hydrogen (secondary N) is 1. The summed E-state index contributed by atoms with van der Waals surface area (Å²) < 4.78 is 5.94. The van der Waals surface area contributed by atoms with Crippen molar-refractivity contribution in [2.24, 2.45) is 4.99 Å². The molecule has 25 heavy (non-hydrogen) atoms. The van der Waals surface area contributed by atoms with Gasteiger partial charge in [0.1, 0.15) is 6.61 Å². The first-order chi connectivity index (χ1) is 12.2. The third-order valence-electron chi connectivity index (χ3n) is 3.79. The van der Waals surface area contributed by atoms with E-state index in [2.05, 4.69) is 36.3 Å². The molecule has 0 atom stereocenters. The van der Waals surface area contributed by atoms with E-state index in [1.807, 2.05) is 66.7 Å². The lowest BCUT2D eigenvalue weighted by atomic mass is 10.2. The Morgan fingerprint density at radius 1 is 0.800 bits per heavy atom. The van der Waals surface area contributed by atoms with Crippen molar-refractivity contribution in [3.63, 3.8) is 0 Å². The number of aryl methyl sites for hydroxylation is 2. The van der Waals surface area contributed by atoms with E-state index in [0.29, 0.717) is 12.6 Å². The van der Waals surface area contributed by atoms with E-state index in [9.17, 15) is 0 Å². The molecule has 3 aromatic carbocycles. The number of ether oxygens (including phenoxy) is 1. The van der Waals surface area contributed by atoms with E-state index in [1.54, 1.807) is 0 Å². The molecule has 126 valence electrons. The molecule has 0 fully saturated rings. The third-order valence-corrected chi connectivity index (χ3v) is 3.79. The van der Waals surface area contributed by atoms with Crippen molar-refractivity contribution >= 4 is 17.4 Å². The molecule has 0 aliphatic heterocycles. The van der Waals surface area contributed by atoms with Gasteiger partial charge in [0, 0.05) is 5.69 Å². The number of rotatable bonds is 4. The Labute approximate surface area is 149 Å². The number of benzene rings is 3. The van der Waals surface area contributed by atoms with E-state index >= 15 is 0 Å². The molecule has 0 aliphatic carbocycles. The standard InChI is InChI=1S/C22H22N2O/c1-17-8-12-20(13-9-17)23-22(24-21-14-10-18(2)11-15-21)25-16-19-6-4-3-5-7-19/h3-15H,16H2,1-2H3,(H,23,24). The highest BCUT2D eigenvalue weighted by Gasteiger charge is 2.04. The van der Waals surface area contributed by atoms with Gasteiger partial charge in [0.2, 0.25) is 0 Å². The Morgan fingerprint density at radius 2 is 1.40 bits per heavy atom. The number of amidine groups is 1. The maximum atomic E-state index is 5.94. The molecule has 0 saturated carbocycles. The smallest absolute Gasteiger partial charge is 0.294 e. The molecule has 0 saturated heterocycles. The van der Waals surface area contributed by atoms with Gasteiger partial charge in [-0.05, 0) is 43.7 Å². The molecule has 0 bridgehead atoms. The Morgan fingerprint density at radius 3 is 2.04 bits per heavy atom. The minimum absolute atomic E-state index is 0.463. The highest BCUT2D eigenvalue weighted by molar-refractivity contribution is 5.90. The van der Waals surface area contributed by atoms with Crippen LogP contribution in [0.15, 0.2) is 83.9 Å². The maximum Gasteiger partial charge on any atom is 0.294 e. The zero-order valence-electron chi connectivity index (χ0n) is 14.6. The predicted octanol–water partition coefficient (Wildman–Crippen LogP) is 5.62. The molecule has 0 spiro atoms. The van der Waals surface area contributed by atoms with Gasteiger partial charge in [-0.15, -0.1) is 0 Å². The third kappa shape index (κ3) is 5.21. The van der Waals surface area contributed by atoms with Gasteiger partial charge < -0.3 is 10.1 Å². The van der Waals surface area contributed by atoms with Gasteiger partial charge in [0.25, 0.3) is 6.02 Å². The number of nitrogens with zero attached hydrogens (tertiary/aromatic N) is 1. The fraction of sp³-hybridized carbons (Fsp3) is 0.136. The zero-order valence-corrected chi connectivity index (χ0v) is 14.6. The monoisotopic (exact) mass is 330 g/mol. The van der Waals surface area contributed by atoms with Gasteiger partial charge in [-0.3, -0.25) is 0 Å². The lowest BCUT2D eigenvalue weighted by molar-refractivity contribution is 0.292. The Bertz CT molecular complexity index is 822. The molecule has 0 aromatic heterocycles. The summed E-state index contributed by atoms with van der Waals surface area (Å²) in [6.45, 7) is 4.59. The van der Waals surface area contributed by atoms with Crippen LogP contribution in [0, 0.1) is 13.8 Å². The van der Waals surface area contributed by atoms with Crippen LogP contribution in [-0.4, -0.2) is 6.02 Å². The van der Waals surface area contributed by atoms with E-state index in [1.165, 1.54) is 11.1 Å². The van der Waals surface area contributed by atoms with Gasteiger partial charge in [0.15, 0.2) is 0 Å². The lowest BCUT2D eigenvalue weighted by Gasteiger charge is -2.12. The fourth-order valence-corrected chi connectivity index (χ4v) is 2.32. The van der Waals surface area contributed by atoms with Crippen molar-refractivity contribution in [3.05, 3.63) is 95.6 Å². The number of hydrogen-bond acceptors (Lipinski definition) is 2. The average Bonchev–Trinajstić information content (AvgIpc) is 2.64. The van der Waals surface area contributed by atoms with Crippen LogP contribution in [0.2, 0.25) is 0 Å². The molecule has 0 unspecified atom stereocenters. The summed E-state index contributed by atoms with van der Waals surface area (Å²) in [6.07, 6.45) is 0. The van der Waals surface area contributed by atoms with Crippen LogP contribution in [0.5, 0.6) is 0 Å². The highest BCUT2D eigenvalue weighted by Crippen LogP contribution is 2.16. The molecule has 0 radical (unpaired) electrons. The van der Waals surface area contributed by atoms with Crippen molar-refractivity contribution in [1.29, 1.82) is 0 Å². The summed E-state index contributed by atoms with van der Waals surface area (Å²) in [5, 5.41) is 3.27. The molecule has 3 nitrogen and oxygen atoms in total. The van der Waals surface area contributed by atoms with Crippen LogP contribution in [0.1, 0.15) is 16.7 Å². The molecule has 0 heterocycles. The maximum absolute atomic E-state index is 5.94. The average molecular weight is 330 g/mol. The minimum Gasteiger partial charge on any atom is -0.460 e. The lowest BCUT2D eigenvalue weighted by Crippen LogP contribution is -2.16. The summed E-state index contributed by atoms with van der Waals surface area (Å²) in [5.41, 5.74) is 5.33. The second-order valence-electron chi connectivity index (χ2n) is 6.02. The minimum atomic E-state index is 0.463. The van der Waals surface area contributed by atoms with Gasteiger partial charge >= 0.3 is 0 Å². The second-order valence-corrected chi connectivity index (χ2v) is 6.02. The Hall–Kier alpha value is -3.07. The topological polar surface area (TPSA) is 33.6 Å². The molecule has 0 amide bonds. The summed E-state index contributed by atoms with van der Waals surface area (Å²) in [7, 11) is 0. The van der Waals surface area contributed by atoms with E-state index in [0.717, 1.165) is 16.9 Å². The van der Waals surface area contributed by atoms with Crippen molar-refractivity contribution in [1.82, 2.24) is 0 Å². The first kappa shape index (κ1) is 16.8. The molecule has 3 rings (SSSR count). The quantitative estimate of drug-likeness (QED) is 0.497. The molecule has 3 aromatic rings. The van der Waals surface area contributed by atoms with E-state index in [4.69, 9.17) is 4.74 Å². The highest BCUT2D eigenvalue weighted by atomic mass is 16.5. The molecule has 3 heteroatoms. The van der Waals surface area contributed by atoms with Crippen LogP contribution in [0.4, 0.5) is 11.4 Å². The summed E-state index contributed by atoms with van der Waals surface area (Å²) >= 11 is 0. The van der Waals surface area contributed by atoms with E-state index < -0.39 is 0 Å². The molecular formula is C22H22N2O. The predicted molar refractivity (Wildman–Crippen MR) is 104 cm³/mol. The summed E-state index contributed by atoms with van der Waals surface area (Å²) in [5.74, 6) is 0. The fourth-order valence-electron chi connectivity index (χ4n) is 2.32. The van der Waals surface area contributed by atoms with Crippen LogP contribution in [-0.2, 0) is 11.3 Å². The van der Waals surface area contributed by atoms with Crippen LogP contribution < -0.4 is 5.32 Å². The van der Waals surface area contributed by atoms with E-state index in [-0.39, 0.29) is 0 Å². The first-order valence-electron chi connectivity index (χ1n) is 8.35. The SMILES string of the molecule is Cc1ccc(N=C(Nc2ccc(C)cc2)OCc2ccccc2)cc1.